The average molecular weight is 293 g/mol. The third-order valence-electron chi connectivity index (χ3n) is 3.28. The highest BCUT2D eigenvalue weighted by Crippen LogP contribution is 2.29. The van der Waals surface area contributed by atoms with Gasteiger partial charge in [-0.1, -0.05) is 12.1 Å². The maximum absolute atomic E-state index is 13.1. The van der Waals surface area contributed by atoms with Crippen LogP contribution in [0.1, 0.15) is 11.1 Å². The van der Waals surface area contributed by atoms with E-state index in [-0.39, 0.29) is 11.9 Å². The van der Waals surface area contributed by atoms with E-state index in [0.717, 1.165) is 22.6 Å². The fourth-order valence-corrected chi connectivity index (χ4v) is 2.42. The molecule has 104 valence electrons. The lowest BCUT2D eigenvalue weighted by atomic mass is 10.1. The molecule has 0 aromatic heterocycles. The molecule has 20 heavy (non-hydrogen) atoms. The number of alkyl halides is 1. The van der Waals surface area contributed by atoms with Crippen molar-refractivity contribution in [3.63, 3.8) is 0 Å². The fourth-order valence-electron chi connectivity index (χ4n) is 2.25. The van der Waals surface area contributed by atoms with Gasteiger partial charge in [0.15, 0.2) is 0 Å². The molecule has 0 spiro atoms. The van der Waals surface area contributed by atoms with Gasteiger partial charge in [0, 0.05) is 17.9 Å². The summed E-state index contributed by atoms with van der Waals surface area (Å²) in [4.78, 5) is 0. The Morgan fingerprint density at radius 1 is 1.20 bits per heavy atom. The third-order valence-corrected chi connectivity index (χ3v) is 3.59. The van der Waals surface area contributed by atoms with Gasteiger partial charge in [0.2, 0.25) is 0 Å². The van der Waals surface area contributed by atoms with Gasteiger partial charge in [0.05, 0.1) is 0 Å². The molecule has 1 heterocycles. The lowest BCUT2D eigenvalue weighted by molar-refractivity contribution is 0.148. The van der Waals surface area contributed by atoms with Gasteiger partial charge < -0.3 is 9.47 Å². The lowest BCUT2D eigenvalue weighted by Crippen LogP contribution is -2.22. The minimum absolute atomic E-state index is 0.0699. The Balaban J connectivity index is 1.58. The molecule has 0 fully saturated rings. The molecule has 0 N–H and O–H groups in total. The second kappa shape index (κ2) is 5.71. The zero-order valence-corrected chi connectivity index (χ0v) is 11.6. The van der Waals surface area contributed by atoms with Crippen LogP contribution in [0.3, 0.4) is 0 Å². The average Bonchev–Trinajstić information content (AvgIpc) is 2.87. The number of hydrogen-bond acceptors (Lipinski definition) is 2. The predicted octanol–water partition coefficient (Wildman–Crippen LogP) is 3.95. The van der Waals surface area contributed by atoms with Crippen LogP contribution in [0.4, 0.5) is 4.39 Å². The van der Waals surface area contributed by atoms with E-state index >= 15 is 0 Å². The fraction of sp³-hybridized carbons (Fsp3) is 0.250. The molecule has 0 bridgehead atoms. The second-order valence-corrected chi connectivity index (χ2v) is 5.05. The number of hydrogen-bond donors (Lipinski definition) is 0. The van der Waals surface area contributed by atoms with Crippen LogP contribution in [0.2, 0.25) is 0 Å². The number of rotatable bonds is 4. The van der Waals surface area contributed by atoms with Gasteiger partial charge in [-0.25, -0.2) is 4.39 Å². The van der Waals surface area contributed by atoms with Gasteiger partial charge in [0.25, 0.3) is 0 Å². The van der Waals surface area contributed by atoms with E-state index in [1.165, 1.54) is 12.1 Å². The molecule has 2 aromatic carbocycles. The van der Waals surface area contributed by atoms with Gasteiger partial charge in [-0.3, -0.25) is 0 Å². The Morgan fingerprint density at radius 2 is 2.00 bits per heavy atom. The Kier molecular flexibility index (Phi) is 3.79. The maximum atomic E-state index is 13.1. The summed E-state index contributed by atoms with van der Waals surface area (Å²) in [7, 11) is 0. The first-order valence-corrected chi connectivity index (χ1v) is 7.01. The highest BCUT2D eigenvalue weighted by Gasteiger charge is 2.23. The van der Waals surface area contributed by atoms with Gasteiger partial charge in [-0.05, 0) is 35.9 Å². The van der Waals surface area contributed by atoms with E-state index in [4.69, 9.17) is 21.1 Å². The first kappa shape index (κ1) is 13.3. The molecular weight excluding hydrogens is 279 g/mol. The van der Waals surface area contributed by atoms with Gasteiger partial charge in [-0.15, -0.1) is 11.6 Å². The van der Waals surface area contributed by atoms with Crippen molar-refractivity contribution in [1.82, 2.24) is 0 Å². The van der Waals surface area contributed by atoms with Crippen molar-refractivity contribution >= 4 is 11.6 Å². The first-order valence-electron chi connectivity index (χ1n) is 6.47. The molecule has 1 unspecified atom stereocenters. The topological polar surface area (TPSA) is 18.5 Å². The lowest BCUT2D eigenvalue weighted by Gasteiger charge is -2.12. The molecular formula is C16H14ClFO2. The summed E-state index contributed by atoms with van der Waals surface area (Å²) in [6, 6.07) is 12.2. The Hall–Kier alpha value is -1.74. The van der Waals surface area contributed by atoms with Crippen molar-refractivity contribution in [2.24, 2.45) is 0 Å². The number of benzene rings is 2. The standard InChI is InChI=1S/C16H14ClFO2/c17-9-11-1-4-14(5-2-11)19-10-15-8-12-7-13(18)3-6-16(12)20-15/h1-7,15H,8-10H2. The number of ether oxygens (including phenoxy) is 2. The number of fused-ring (bicyclic) bond motifs is 1. The van der Waals surface area contributed by atoms with Crippen LogP contribution in [-0.4, -0.2) is 12.7 Å². The monoisotopic (exact) mass is 292 g/mol. The van der Waals surface area contributed by atoms with Crippen LogP contribution in [0.5, 0.6) is 11.5 Å². The Morgan fingerprint density at radius 3 is 2.75 bits per heavy atom. The van der Waals surface area contributed by atoms with E-state index in [1.54, 1.807) is 6.07 Å². The van der Waals surface area contributed by atoms with Crippen molar-refractivity contribution in [3.05, 3.63) is 59.4 Å². The minimum Gasteiger partial charge on any atom is -0.490 e. The van der Waals surface area contributed by atoms with Crippen LogP contribution in [0, 0.1) is 5.82 Å². The van der Waals surface area contributed by atoms with Crippen LogP contribution < -0.4 is 9.47 Å². The van der Waals surface area contributed by atoms with Gasteiger partial charge in [-0.2, -0.15) is 0 Å². The largest absolute Gasteiger partial charge is 0.490 e. The molecule has 3 rings (SSSR count). The van der Waals surface area contributed by atoms with Crippen molar-refractivity contribution in [1.29, 1.82) is 0 Å². The van der Waals surface area contributed by atoms with Crippen LogP contribution in [0.15, 0.2) is 42.5 Å². The summed E-state index contributed by atoms with van der Waals surface area (Å²) in [5, 5.41) is 0. The summed E-state index contributed by atoms with van der Waals surface area (Å²) in [5.41, 5.74) is 1.95. The SMILES string of the molecule is Fc1ccc2c(c1)CC(COc1ccc(CCl)cc1)O2. The van der Waals surface area contributed by atoms with E-state index in [1.807, 2.05) is 24.3 Å². The van der Waals surface area contributed by atoms with Crippen molar-refractivity contribution < 1.29 is 13.9 Å². The van der Waals surface area contributed by atoms with E-state index in [2.05, 4.69) is 0 Å². The van der Waals surface area contributed by atoms with Crippen LogP contribution in [-0.2, 0) is 12.3 Å². The van der Waals surface area contributed by atoms with Gasteiger partial charge >= 0.3 is 0 Å². The molecule has 4 heteroatoms. The molecule has 0 radical (unpaired) electrons. The maximum Gasteiger partial charge on any atom is 0.137 e. The minimum atomic E-state index is -0.231. The third kappa shape index (κ3) is 2.88. The van der Waals surface area contributed by atoms with E-state index < -0.39 is 0 Å². The zero-order valence-electron chi connectivity index (χ0n) is 10.8. The quantitative estimate of drug-likeness (QED) is 0.795. The molecule has 1 aliphatic rings. The molecule has 0 aliphatic carbocycles. The molecule has 0 saturated carbocycles. The Bertz CT molecular complexity index is 598. The summed E-state index contributed by atoms with van der Waals surface area (Å²) in [5.74, 6) is 1.79. The van der Waals surface area contributed by atoms with Crippen molar-refractivity contribution in [3.8, 4) is 11.5 Å². The molecule has 1 atom stereocenters. The predicted molar refractivity (Wildman–Crippen MR) is 76.0 cm³/mol. The van der Waals surface area contributed by atoms with Crippen LogP contribution >= 0.6 is 11.6 Å². The van der Waals surface area contributed by atoms with Crippen molar-refractivity contribution in [2.45, 2.75) is 18.4 Å². The molecule has 2 nitrogen and oxygen atoms in total. The molecule has 0 amide bonds. The Labute approximate surface area is 122 Å². The highest BCUT2D eigenvalue weighted by molar-refractivity contribution is 6.17. The smallest absolute Gasteiger partial charge is 0.137 e. The van der Waals surface area contributed by atoms with E-state index in [0.29, 0.717) is 18.9 Å². The van der Waals surface area contributed by atoms with Crippen molar-refractivity contribution in [2.75, 3.05) is 6.61 Å². The summed E-state index contributed by atoms with van der Waals surface area (Å²) in [6.45, 7) is 0.441. The molecule has 2 aromatic rings. The van der Waals surface area contributed by atoms with E-state index in [9.17, 15) is 4.39 Å². The zero-order chi connectivity index (χ0) is 13.9. The van der Waals surface area contributed by atoms with Gasteiger partial charge in [0.1, 0.15) is 30.0 Å². The second-order valence-electron chi connectivity index (χ2n) is 4.78. The number of halogens is 2. The normalized spacial score (nSPS) is 16.6. The summed E-state index contributed by atoms with van der Waals surface area (Å²) in [6.07, 6.45) is 0.604. The molecule has 1 aliphatic heterocycles. The summed E-state index contributed by atoms with van der Waals surface area (Å²) >= 11 is 5.73. The summed E-state index contributed by atoms with van der Waals surface area (Å²) < 4.78 is 24.5. The highest BCUT2D eigenvalue weighted by atomic mass is 35.5. The first-order chi connectivity index (χ1) is 9.74. The molecule has 0 saturated heterocycles. The van der Waals surface area contributed by atoms with Crippen LogP contribution in [0.25, 0.3) is 0 Å².